The summed E-state index contributed by atoms with van der Waals surface area (Å²) in [4.78, 5) is 10.1. The van der Waals surface area contributed by atoms with Gasteiger partial charge >= 0.3 is 0 Å². The highest BCUT2D eigenvalue weighted by atomic mass is 35.5. The van der Waals surface area contributed by atoms with Crippen LogP contribution in [0.3, 0.4) is 0 Å². The van der Waals surface area contributed by atoms with Crippen LogP contribution >= 0.6 is 23.2 Å². The first-order valence-electron chi connectivity index (χ1n) is 7.22. The average Bonchev–Trinajstić information content (AvgIpc) is 2.57. The quantitative estimate of drug-likeness (QED) is 0.397. The second-order valence-corrected chi connectivity index (χ2v) is 7.64. The molecule has 2 N–H and O–H groups in total. The predicted octanol–water partition coefficient (Wildman–Crippen LogP) is 3.68. The van der Waals surface area contributed by atoms with Gasteiger partial charge in [-0.2, -0.15) is 0 Å². The normalized spacial score (nSPS) is 11.3. The Balaban J connectivity index is 1.80. The fourth-order valence-electron chi connectivity index (χ4n) is 1.96. The molecule has 0 fully saturated rings. The molecule has 0 saturated heterocycles. The van der Waals surface area contributed by atoms with E-state index in [0.717, 1.165) is 5.69 Å². The molecule has 0 aliphatic carbocycles. The Morgan fingerprint density at radius 1 is 1.00 bits per heavy atom. The number of nitro groups is 1. The third-order valence-electron chi connectivity index (χ3n) is 3.25. The van der Waals surface area contributed by atoms with E-state index >= 15 is 0 Å². The summed E-state index contributed by atoms with van der Waals surface area (Å²) in [6.45, 7) is 0.726. The Kier molecular flexibility index (Phi) is 6.60. The van der Waals surface area contributed by atoms with E-state index in [2.05, 4.69) is 10.0 Å². The molecule has 25 heavy (non-hydrogen) atoms. The smallest absolute Gasteiger partial charge is 0.269 e. The number of anilines is 1. The zero-order valence-corrected chi connectivity index (χ0v) is 15.2. The number of nitrogens with zero attached hydrogens (tertiary/aromatic N) is 1. The van der Waals surface area contributed by atoms with Crippen LogP contribution in [0.15, 0.2) is 47.4 Å². The lowest BCUT2D eigenvalue weighted by molar-refractivity contribution is -0.384. The van der Waals surface area contributed by atoms with Crippen LogP contribution < -0.4 is 10.0 Å². The van der Waals surface area contributed by atoms with Crippen LogP contribution in [0.1, 0.15) is 6.42 Å². The Hall–Kier alpha value is -1.87. The molecule has 7 nitrogen and oxygen atoms in total. The third kappa shape index (κ3) is 5.57. The first kappa shape index (κ1) is 19.5. The average molecular weight is 404 g/mol. The molecule has 0 aromatic heterocycles. The second-order valence-electron chi connectivity index (χ2n) is 5.06. The van der Waals surface area contributed by atoms with Crippen molar-refractivity contribution in [3.05, 3.63) is 62.6 Å². The Bertz CT molecular complexity index is 858. The van der Waals surface area contributed by atoms with Crippen molar-refractivity contribution in [2.45, 2.75) is 11.3 Å². The van der Waals surface area contributed by atoms with Gasteiger partial charge in [0.2, 0.25) is 10.0 Å². The lowest BCUT2D eigenvalue weighted by Crippen LogP contribution is -2.26. The number of nitro benzene ring substituents is 1. The maximum absolute atomic E-state index is 12.1. The fourth-order valence-corrected chi connectivity index (χ4v) is 3.42. The molecule has 0 unspecified atom stereocenters. The van der Waals surface area contributed by atoms with Gasteiger partial charge in [-0.1, -0.05) is 23.2 Å². The zero-order chi connectivity index (χ0) is 18.4. The van der Waals surface area contributed by atoms with Gasteiger partial charge in [-0.15, -0.1) is 0 Å². The number of non-ortho nitro benzene ring substituents is 1. The van der Waals surface area contributed by atoms with Gasteiger partial charge in [0, 0.05) is 30.9 Å². The number of nitrogens with one attached hydrogen (secondary N) is 2. The molecule has 0 amide bonds. The van der Waals surface area contributed by atoms with Gasteiger partial charge in [-0.3, -0.25) is 10.1 Å². The number of halogens is 2. The van der Waals surface area contributed by atoms with Gasteiger partial charge in [-0.25, -0.2) is 13.1 Å². The molecule has 134 valence electrons. The zero-order valence-electron chi connectivity index (χ0n) is 12.9. The minimum atomic E-state index is -3.66. The van der Waals surface area contributed by atoms with Crippen molar-refractivity contribution in [1.29, 1.82) is 0 Å². The molecule has 0 saturated carbocycles. The highest BCUT2D eigenvalue weighted by Crippen LogP contribution is 2.24. The second kappa shape index (κ2) is 8.48. The highest BCUT2D eigenvalue weighted by molar-refractivity contribution is 7.89. The first-order chi connectivity index (χ1) is 11.8. The van der Waals surface area contributed by atoms with Crippen LogP contribution in [-0.4, -0.2) is 26.4 Å². The summed E-state index contributed by atoms with van der Waals surface area (Å²) in [5.74, 6) is 0. The topological polar surface area (TPSA) is 101 Å². The molecule has 0 atom stereocenters. The molecule has 0 aliphatic heterocycles. The van der Waals surface area contributed by atoms with Crippen molar-refractivity contribution in [3.8, 4) is 0 Å². The SMILES string of the molecule is O=[N+]([O-])c1ccc(NCCCNS(=O)(=O)c2ccc(Cl)c(Cl)c2)cc1. The molecule has 0 bridgehead atoms. The van der Waals surface area contributed by atoms with Crippen LogP contribution in [0.4, 0.5) is 11.4 Å². The molecule has 2 aromatic carbocycles. The fraction of sp³-hybridized carbons (Fsp3) is 0.200. The summed E-state index contributed by atoms with van der Waals surface area (Å²) in [5, 5.41) is 14.1. The van der Waals surface area contributed by atoms with Gasteiger partial charge in [-0.05, 0) is 36.8 Å². The van der Waals surface area contributed by atoms with Gasteiger partial charge in [0.05, 0.1) is 19.9 Å². The van der Waals surface area contributed by atoms with E-state index in [1.807, 2.05) is 0 Å². The summed E-state index contributed by atoms with van der Waals surface area (Å²) in [6, 6.07) is 10.1. The minimum absolute atomic E-state index is 0.0138. The molecule has 0 aliphatic rings. The molecule has 10 heteroatoms. The van der Waals surface area contributed by atoms with Gasteiger partial charge in [0.25, 0.3) is 5.69 Å². The van der Waals surface area contributed by atoms with E-state index < -0.39 is 14.9 Å². The Labute approximate surface area is 155 Å². The van der Waals surface area contributed by atoms with Crippen LogP contribution in [-0.2, 0) is 10.0 Å². The number of hydrogen-bond donors (Lipinski definition) is 2. The molecule has 0 heterocycles. The summed E-state index contributed by atoms with van der Waals surface area (Å²) in [7, 11) is -3.66. The van der Waals surface area contributed by atoms with E-state index in [1.165, 1.54) is 30.3 Å². The number of hydrogen-bond acceptors (Lipinski definition) is 5. The lowest BCUT2D eigenvalue weighted by atomic mass is 10.3. The largest absolute Gasteiger partial charge is 0.385 e. The summed E-state index contributed by atoms with van der Waals surface area (Å²) in [5.41, 5.74) is 0.734. The molecule has 0 spiro atoms. The van der Waals surface area contributed by atoms with Gasteiger partial charge in [0.1, 0.15) is 0 Å². The van der Waals surface area contributed by atoms with Crippen molar-refractivity contribution in [2.24, 2.45) is 0 Å². The summed E-state index contributed by atoms with van der Waals surface area (Å²) in [6.07, 6.45) is 0.525. The van der Waals surface area contributed by atoms with Crippen LogP contribution in [0, 0.1) is 10.1 Å². The first-order valence-corrected chi connectivity index (χ1v) is 9.46. The molecular formula is C15H15Cl2N3O4S. The van der Waals surface area contributed by atoms with E-state index in [4.69, 9.17) is 23.2 Å². The van der Waals surface area contributed by atoms with E-state index in [1.54, 1.807) is 12.1 Å². The van der Waals surface area contributed by atoms with Gasteiger partial charge < -0.3 is 5.32 Å². The van der Waals surface area contributed by atoms with Crippen LogP contribution in [0.5, 0.6) is 0 Å². The standard InChI is InChI=1S/C15H15Cl2N3O4S/c16-14-7-6-13(10-15(14)17)25(23,24)19-9-1-8-18-11-2-4-12(5-3-11)20(21)22/h2-7,10,18-19H,1,8-9H2. The Morgan fingerprint density at radius 3 is 2.28 bits per heavy atom. The van der Waals surface area contributed by atoms with Crippen molar-refractivity contribution in [3.63, 3.8) is 0 Å². The maximum atomic E-state index is 12.1. The number of benzene rings is 2. The van der Waals surface area contributed by atoms with E-state index in [0.29, 0.717) is 13.0 Å². The van der Waals surface area contributed by atoms with Crippen molar-refractivity contribution in [2.75, 3.05) is 18.4 Å². The predicted molar refractivity (Wildman–Crippen MR) is 97.9 cm³/mol. The Morgan fingerprint density at radius 2 is 1.68 bits per heavy atom. The van der Waals surface area contributed by atoms with Crippen LogP contribution in [0.2, 0.25) is 10.0 Å². The number of rotatable bonds is 8. The molecular weight excluding hydrogens is 389 g/mol. The third-order valence-corrected chi connectivity index (χ3v) is 5.45. The van der Waals surface area contributed by atoms with Crippen LogP contribution in [0.25, 0.3) is 0 Å². The van der Waals surface area contributed by atoms with E-state index in [9.17, 15) is 18.5 Å². The van der Waals surface area contributed by atoms with Crippen molar-refractivity contribution < 1.29 is 13.3 Å². The monoisotopic (exact) mass is 403 g/mol. The molecule has 2 rings (SSSR count). The number of sulfonamides is 1. The molecule has 0 radical (unpaired) electrons. The molecule has 2 aromatic rings. The summed E-state index contributed by atoms with van der Waals surface area (Å²) >= 11 is 11.6. The van der Waals surface area contributed by atoms with Crippen molar-refractivity contribution in [1.82, 2.24) is 4.72 Å². The van der Waals surface area contributed by atoms with Crippen molar-refractivity contribution >= 4 is 44.6 Å². The van der Waals surface area contributed by atoms with E-state index in [-0.39, 0.29) is 27.2 Å². The van der Waals surface area contributed by atoms with Gasteiger partial charge in [0.15, 0.2) is 0 Å². The highest BCUT2D eigenvalue weighted by Gasteiger charge is 2.14. The lowest BCUT2D eigenvalue weighted by Gasteiger charge is -2.09. The summed E-state index contributed by atoms with van der Waals surface area (Å²) < 4.78 is 26.7. The minimum Gasteiger partial charge on any atom is -0.385 e. The maximum Gasteiger partial charge on any atom is 0.269 e.